The van der Waals surface area contributed by atoms with Crippen LogP contribution in [0.25, 0.3) is 11.3 Å². The van der Waals surface area contributed by atoms with Gasteiger partial charge in [0.2, 0.25) is 0 Å². The monoisotopic (exact) mass is 277 g/mol. The van der Waals surface area contributed by atoms with Gasteiger partial charge in [-0.2, -0.15) is 0 Å². The van der Waals surface area contributed by atoms with Crippen molar-refractivity contribution < 1.29 is 9.53 Å². The zero-order valence-electron chi connectivity index (χ0n) is 10.7. The SMILES string of the molecule is CC(C)OC(=O)Nc1nc(-c2cccc(N)c2)cs1. The number of nitrogens with one attached hydrogen (secondary N) is 1. The van der Waals surface area contributed by atoms with E-state index in [1.807, 2.05) is 29.6 Å². The average Bonchev–Trinajstić information content (AvgIpc) is 2.76. The summed E-state index contributed by atoms with van der Waals surface area (Å²) in [6, 6.07) is 7.44. The van der Waals surface area contributed by atoms with Gasteiger partial charge in [-0.05, 0) is 26.0 Å². The summed E-state index contributed by atoms with van der Waals surface area (Å²) in [4.78, 5) is 15.8. The van der Waals surface area contributed by atoms with E-state index < -0.39 is 6.09 Å². The summed E-state index contributed by atoms with van der Waals surface area (Å²) in [5, 5.41) is 4.96. The standard InChI is InChI=1S/C13H15N3O2S/c1-8(2)18-13(17)16-12-15-11(7-19-12)9-4-3-5-10(14)6-9/h3-8H,14H2,1-2H3,(H,15,16,17). The Hall–Kier alpha value is -2.08. The molecule has 0 aliphatic carbocycles. The molecule has 2 aromatic rings. The van der Waals surface area contributed by atoms with Crippen LogP contribution in [0.4, 0.5) is 15.6 Å². The first kappa shape index (κ1) is 13.4. The van der Waals surface area contributed by atoms with Crippen molar-refractivity contribution in [1.29, 1.82) is 0 Å². The van der Waals surface area contributed by atoms with Gasteiger partial charge in [0, 0.05) is 16.6 Å². The van der Waals surface area contributed by atoms with Crippen LogP contribution in [0.15, 0.2) is 29.6 Å². The van der Waals surface area contributed by atoms with Crippen LogP contribution in [0.3, 0.4) is 0 Å². The lowest BCUT2D eigenvalue weighted by Crippen LogP contribution is -2.17. The Labute approximate surface area is 115 Å². The minimum absolute atomic E-state index is 0.159. The van der Waals surface area contributed by atoms with Crippen molar-refractivity contribution in [1.82, 2.24) is 4.98 Å². The maximum Gasteiger partial charge on any atom is 0.413 e. The Morgan fingerprint density at radius 3 is 2.95 bits per heavy atom. The van der Waals surface area contributed by atoms with E-state index in [1.165, 1.54) is 11.3 Å². The van der Waals surface area contributed by atoms with E-state index in [9.17, 15) is 4.79 Å². The molecule has 1 amide bonds. The number of amides is 1. The number of carbonyl (C=O) groups is 1. The number of benzene rings is 1. The number of rotatable bonds is 3. The van der Waals surface area contributed by atoms with Crippen molar-refractivity contribution in [2.24, 2.45) is 0 Å². The van der Waals surface area contributed by atoms with Gasteiger partial charge in [-0.15, -0.1) is 11.3 Å². The molecule has 1 heterocycles. The van der Waals surface area contributed by atoms with Gasteiger partial charge in [0.15, 0.2) is 5.13 Å². The largest absolute Gasteiger partial charge is 0.447 e. The Kier molecular flexibility index (Phi) is 4.01. The van der Waals surface area contributed by atoms with Crippen LogP contribution in [0, 0.1) is 0 Å². The molecule has 0 aliphatic heterocycles. The van der Waals surface area contributed by atoms with E-state index in [0.717, 1.165) is 11.3 Å². The first-order valence-electron chi connectivity index (χ1n) is 5.83. The fourth-order valence-corrected chi connectivity index (χ4v) is 2.20. The molecule has 19 heavy (non-hydrogen) atoms. The molecular weight excluding hydrogens is 262 g/mol. The molecule has 3 N–H and O–H groups in total. The molecule has 0 atom stereocenters. The normalized spacial score (nSPS) is 10.5. The molecule has 0 saturated heterocycles. The van der Waals surface area contributed by atoms with E-state index in [2.05, 4.69) is 10.3 Å². The number of hydrogen-bond acceptors (Lipinski definition) is 5. The molecule has 6 heteroatoms. The van der Waals surface area contributed by atoms with Gasteiger partial charge in [0.05, 0.1) is 11.8 Å². The molecule has 0 unspecified atom stereocenters. The first-order chi connectivity index (χ1) is 9.04. The average molecular weight is 277 g/mol. The zero-order valence-corrected chi connectivity index (χ0v) is 11.5. The number of carbonyl (C=O) groups excluding carboxylic acids is 1. The van der Waals surface area contributed by atoms with Crippen molar-refractivity contribution in [2.45, 2.75) is 20.0 Å². The van der Waals surface area contributed by atoms with E-state index >= 15 is 0 Å². The summed E-state index contributed by atoms with van der Waals surface area (Å²) in [7, 11) is 0. The second-order valence-corrected chi connectivity index (χ2v) is 5.10. The zero-order chi connectivity index (χ0) is 13.8. The Morgan fingerprint density at radius 1 is 1.47 bits per heavy atom. The summed E-state index contributed by atoms with van der Waals surface area (Å²) in [6.07, 6.45) is -0.656. The predicted molar refractivity (Wildman–Crippen MR) is 77.2 cm³/mol. The molecule has 1 aromatic heterocycles. The maximum atomic E-state index is 11.4. The Bertz CT molecular complexity index is 581. The molecule has 1 aromatic carbocycles. The summed E-state index contributed by atoms with van der Waals surface area (Å²) in [5.74, 6) is 0. The van der Waals surface area contributed by atoms with Gasteiger partial charge in [0.1, 0.15) is 0 Å². The third-order valence-electron chi connectivity index (χ3n) is 2.24. The van der Waals surface area contributed by atoms with Gasteiger partial charge in [-0.1, -0.05) is 12.1 Å². The van der Waals surface area contributed by atoms with Crippen molar-refractivity contribution in [3.8, 4) is 11.3 Å². The fraction of sp³-hybridized carbons (Fsp3) is 0.231. The highest BCUT2D eigenvalue weighted by molar-refractivity contribution is 7.14. The summed E-state index contributed by atoms with van der Waals surface area (Å²) >= 11 is 1.34. The molecule has 100 valence electrons. The number of nitrogen functional groups attached to an aromatic ring is 1. The van der Waals surface area contributed by atoms with Crippen molar-refractivity contribution in [3.63, 3.8) is 0 Å². The second-order valence-electron chi connectivity index (χ2n) is 4.24. The smallest absolute Gasteiger partial charge is 0.413 e. The van der Waals surface area contributed by atoms with Gasteiger partial charge < -0.3 is 10.5 Å². The van der Waals surface area contributed by atoms with Crippen LogP contribution < -0.4 is 11.1 Å². The fourth-order valence-electron chi connectivity index (χ4n) is 1.49. The van der Waals surface area contributed by atoms with Gasteiger partial charge in [-0.25, -0.2) is 9.78 Å². The highest BCUT2D eigenvalue weighted by Gasteiger charge is 2.10. The highest BCUT2D eigenvalue weighted by atomic mass is 32.1. The van der Waals surface area contributed by atoms with E-state index in [0.29, 0.717) is 10.8 Å². The second kappa shape index (κ2) is 5.71. The number of aromatic nitrogens is 1. The molecule has 2 rings (SSSR count). The van der Waals surface area contributed by atoms with Crippen LogP contribution in [-0.4, -0.2) is 17.2 Å². The first-order valence-corrected chi connectivity index (χ1v) is 6.71. The van der Waals surface area contributed by atoms with Crippen molar-refractivity contribution in [3.05, 3.63) is 29.6 Å². The van der Waals surface area contributed by atoms with Crippen LogP contribution in [-0.2, 0) is 4.74 Å². The third kappa shape index (κ3) is 3.69. The predicted octanol–water partition coefficient (Wildman–Crippen LogP) is 3.35. The molecule has 0 fully saturated rings. The molecule has 0 spiro atoms. The minimum Gasteiger partial charge on any atom is -0.447 e. The molecule has 0 aliphatic rings. The van der Waals surface area contributed by atoms with Gasteiger partial charge >= 0.3 is 6.09 Å². The van der Waals surface area contributed by atoms with E-state index in [1.54, 1.807) is 13.8 Å². The Morgan fingerprint density at radius 2 is 2.26 bits per heavy atom. The van der Waals surface area contributed by atoms with Gasteiger partial charge in [-0.3, -0.25) is 5.32 Å². The number of ether oxygens (including phenoxy) is 1. The van der Waals surface area contributed by atoms with Crippen LogP contribution in [0.5, 0.6) is 0 Å². The summed E-state index contributed by atoms with van der Waals surface area (Å²) in [5.41, 5.74) is 8.10. The number of hydrogen-bond donors (Lipinski definition) is 2. The van der Waals surface area contributed by atoms with Gasteiger partial charge in [0.25, 0.3) is 0 Å². The number of thiazole rings is 1. The molecule has 0 radical (unpaired) electrons. The molecule has 0 bridgehead atoms. The lowest BCUT2D eigenvalue weighted by atomic mass is 10.1. The molecular formula is C13H15N3O2S. The highest BCUT2D eigenvalue weighted by Crippen LogP contribution is 2.26. The van der Waals surface area contributed by atoms with Crippen LogP contribution in [0.1, 0.15) is 13.8 Å². The lowest BCUT2D eigenvalue weighted by molar-refractivity contribution is 0.130. The molecule has 0 saturated carbocycles. The lowest BCUT2D eigenvalue weighted by Gasteiger charge is -2.06. The quantitative estimate of drug-likeness (QED) is 0.843. The van der Waals surface area contributed by atoms with Crippen molar-refractivity contribution >= 4 is 28.2 Å². The number of nitrogens with zero attached hydrogens (tertiary/aromatic N) is 1. The minimum atomic E-state index is -0.497. The van der Waals surface area contributed by atoms with Crippen LogP contribution in [0.2, 0.25) is 0 Å². The topological polar surface area (TPSA) is 77.2 Å². The van der Waals surface area contributed by atoms with Crippen LogP contribution >= 0.6 is 11.3 Å². The van der Waals surface area contributed by atoms with E-state index in [4.69, 9.17) is 10.5 Å². The summed E-state index contributed by atoms with van der Waals surface area (Å²) < 4.78 is 4.98. The molecule has 5 nitrogen and oxygen atoms in total. The number of nitrogens with two attached hydrogens (primary N) is 1. The third-order valence-corrected chi connectivity index (χ3v) is 3.00. The maximum absolute atomic E-state index is 11.4. The number of anilines is 2. The summed E-state index contributed by atoms with van der Waals surface area (Å²) in [6.45, 7) is 3.58. The Balaban J connectivity index is 2.09. The van der Waals surface area contributed by atoms with Crippen molar-refractivity contribution in [2.75, 3.05) is 11.1 Å². The van der Waals surface area contributed by atoms with E-state index in [-0.39, 0.29) is 6.10 Å².